The van der Waals surface area contributed by atoms with Gasteiger partial charge in [0.15, 0.2) is 0 Å². The fourth-order valence-corrected chi connectivity index (χ4v) is 2.46. The van der Waals surface area contributed by atoms with Crippen molar-refractivity contribution in [1.29, 1.82) is 0 Å². The zero-order valence-corrected chi connectivity index (χ0v) is 10.5. The average molecular weight is 269 g/mol. The van der Waals surface area contributed by atoms with Crippen molar-refractivity contribution < 1.29 is 8.42 Å². The SMILES string of the molecule is CN(C)S(=O)(=O)c1ccc2c(=O)[nH][nH]c(=O)c2c1. The van der Waals surface area contributed by atoms with Crippen LogP contribution in [-0.4, -0.2) is 37.0 Å². The second kappa shape index (κ2) is 4.07. The van der Waals surface area contributed by atoms with Crippen LogP contribution < -0.4 is 11.1 Å². The zero-order valence-electron chi connectivity index (χ0n) is 9.72. The zero-order chi connectivity index (χ0) is 13.5. The number of H-pyrrole nitrogens is 2. The molecule has 1 aromatic carbocycles. The van der Waals surface area contributed by atoms with E-state index in [4.69, 9.17) is 0 Å². The molecular formula is C10H11N3O4S. The summed E-state index contributed by atoms with van der Waals surface area (Å²) in [5.74, 6) is 0. The van der Waals surface area contributed by atoms with Crippen molar-refractivity contribution in [3.63, 3.8) is 0 Å². The van der Waals surface area contributed by atoms with Gasteiger partial charge >= 0.3 is 0 Å². The van der Waals surface area contributed by atoms with Gasteiger partial charge in [0.05, 0.1) is 15.7 Å². The van der Waals surface area contributed by atoms with Gasteiger partial charge in [-0.2, -0.15) is 0 Å². The van der Waals surface area contributed by atoms with E-state index in [1.54, 1.807) is 0 Å². The van der Waals surface area contributed by atoms with Crippen molar-refractivity contribution in [1.82, 2.24) is 14.5 Å². The Bertz CT molecular complexity index is 817. The molecule has 1 aromatic heterocycles. The molecule has 7 nitrogen and oxygen atoms in total. The largest absolute Gasteiger partial charge is 0.270 e. The second-order valence-corrected chi connectivity index (χ2v) is 6.05. The Labute approximate surface area is 102 Å². The predicted molar refractivity (Wildman–Crippen MR) is 66.1 cm³/mol. The molecule has 2 aromatic rings. The van der Waals surface area contributed by atoms with Gasteiger partial charge in [0, 0.05) is 14.1 Å². The topological polar surface area (TPSA) is 103 Å². The Kier molecular flexibility index (Phi) is 2.83. The summed E-state index contributed by atoms with van der Waals surface area (Å²) < 4.78 is 24.8. The molecule has 0 aliphatic carbocycles. The highest BCUT2D eigenvalue weighted by molar-refractivity contribution is 7.89. The maximum atomic E-state index is 11.9. The van der Waals surface area contributed by atoms with Crippen molar-refractivity contribution in [2.75, 3.05) is 14.1 Å². The molecule has 0 amide bonds. The van der Waals surface area contributed by atoms with E-state index in [1.165, 1.54) is 32.3 Å². The molecule has 0 unspecified atom stereocenters. The van der Waals surface area contributed by atoms with Gasteiger partial charge in [-0.15, -0.1) is 0 Å². The lowest BCUT2D eigenvalue weighted by Gasteiger charge is -2.11. The van der Waals surface area contributed by atoms with Gasteiger partial charge in [0.25, 0.3) is 11.1 Å². The van der Waals surface area contributed by atoms with Gasteiger partial charge in [-0.25, -0.2) is 12.7 Å². The molecule has 0 saturated carbocycles. The molecule has 0 fully saturated rings. The first-order valence-electron chi connectivity index (χ1n) is 5.01. The smallest absolute Gasteiger partial charge is 0.267 e. The van der Waals surface area contributed by atoms with E-state index in [0.29, 0.717) is 0 Å². The van der Waals surface area contributed by atoms with Crippen LogP contribution in [0.4, 0.5) is 0 Å². The molecule has 2 N–H and O–H groups in total. The summed E-state index contributed by atoms with van der Waals surface area (Å²) in [6, 6.07) is 3.81. The first kappa shape index (κ1) is 12.5. The summed E-state index contributed by atoms with van der Waals surface area (Å²) in [6.45, 7) is 0. The molecule has 0 aliphatic rings. The summed E-state index contributed by atoms with van der Waals surface area (Å²) in [6.07, 6.45) is 0. The molecule has 0 bridgehead atoms. The number of nitrogens with one attached hydrogen (secondary N) is 2. The van der Waals surface area contributed by atoms with Crippen LogP contribution in [0.5, 0.6) is 0 Å². The fraction of sp³-hybridized carbons (Fsp3) is 0.200. The standard InChI is InChI=1S/C10H11N3O4S/c1-13(2)18(16,17)6-3-4-7-8(5-6)10(15)12-11-9(7)14/h3-5H,1-2H3,(H,11,14)(H,12,15). The van der Waals surface area contributed by atoms with Crippen molar-refractivity contribution in [2.24, 2.45) is 0 Å². The Hall–Kier alpha value is -1.93. The molecular weight excluding hydrogens is 258 g/mol. The molecule has 2 rings (SSSR count). The molecule has 8 heteroatoms. The average Bonchev–Trinajstić information content (AvgIpc) is 2.33. The quantitative estimate of drug-likeness (QED) is 0.764. The van der Waals surface area contributed by atoms with Gasteiger partial charge in [-0.1, -0.05) is 0 Å². The van der Waals surface area contributed by atoms with Crippen LogP contribution in [0.1, 0.15) is 0 Å². The van der Waals surface area contributed by atoms with Crippen molar-refractivity contribution in [2.45, 2.75) is 4.90 Å². The number of aromatic amines is 2. The fourth-order valence-electron chi connectivity index (χ4n) is 1.53. The highest BCUT2D eigenvalue weighted by Crippen LogP contribution is 2.16. The van der Waals surface area contributed by atoms with Crippen LogP contribution in [0.25, 0.3) is 10.8 Å². The Morgan fingerprint density at radius 3 is 2.11 bits per heavy atom. The first-order chi connectivity index (χ1) is 8.34. The lowest BCUT2D eigenvalue weighted by atomic mass is 10.2. The summed E-state index contributed by atoms with van der Waals surface area (Å²) >= 11 is 0. The Morgan fingerprint density at radius 1 is 1.00 bits per heavy atom. The van der Waals surface area contributed by atoms with E-state index in [2.05, 4.69) is 10.2 Å². The molecule has 18 heavy (non-hydrogen) atoms. The summed E-state index contributed by atoms with van der Waals surface area (Å²) in [4.78, 5) is 23.0. The van der Waals surface area contributed by atoms with E-state index in [1.807, 2.05) is 0 Å². The highest BCUT2D eigenvalue weighted by atomic mass is 32.2. The van der Waals surface area contributed by atoms with E-state index < -0.39 is 21.1 Å². The van der Waals surface area contributed by atoms with Crippen LogP contribution in [0, 0.1) is 0 Å². The third-order valence-electron chi connectivity index (χ3n) is 2.55. The van der Waals surface area contributed by atoms with E-state index in [0.717, 1.165) is 4.31 Å². The van der Waals surface area contributed by atoms with Crippen LogP contribution >= 0.6 is 0 Å². The number of hydrogen-bond acceptors (Lipinski definition) is 4. The highest BCUT2D eigenvalue weighted by Gasteiger charge is 2.18. The van der Waals surface area contributed by atoms with Crippen LogP contribution in [0.3, 0.4) is 0 Å². The minimum absolute atomic E-state index is 0.0314. The van der Waals surface area contributed by atoms with Gasteiger partial charge < -0.3 is 0 Å². The number of aromatic nitrogens is 2. The molecule has 0 atom stereocenters. The predicted octanol–water partition coefficient (Wildman–Crippen LogP) is -0.533. The maximum Gasteiger partial charge on any atom is 0.270 e. The van der Waals surface area contributed by atoms with E-state index in [9.17, 15) is 18.0 Å². The van der Waals surface area contributed by atoms with Crippen LogP contribution in [-0.2, 0) is 10.0 Å². The summed E-state index contributed by atoms with van der Waals surface area (Å²) in [5.41, 5.74) is -1.01. The lowest BCUT2D eigenvalue weighted by molar-refractivity contribution is 0.521. The number of benzene rings is 1. The second-order valence-electron chi connectivity index (χ2n) is 3.90. The number of sulfonamides is 1. The molecule has 0 radical (unpaired) electrons. The molecule has 0 saturated heterocycles. The van der Waals surface area contributed by atoms with Crippen molar-refractivity contribution >= 4 is 20.8 Å². The van der Waals surface area contributed by atoms with Gasteiger partial charge in [-0.05, 0) is 18.2 Å². The molecule has 0 aliphatic heterocycles. The first-order valence-corrected chi connectivity index (χ1v) is 6.45. The minimum atomic E-state index is -3.63. The number of fused-ring (bicyclic) bond motifs is 1. The number of rotatable bonds is 2. The van der Waals surface area contributed by atoms with Crippen LogP contribution in [0.2, 0.25) is 0 Å². The molecule has 0 spiro atoms. The van der Waals surface area contributed by atoms with Gasteiger partial charge in [0.1, 0.15) is 0 Å². The third kappa shape index (κ3) is 1.85. The van der Waals surface area contributed by atoms with E-state index in [-0.39, 0.29) is 15.7 Å². The molecule has 96 valence electrons. The van der Waals surface area contributed by atoms with Crippen molar-refractivity contribution in [3.8, 4) is 0 Å². The van der Waals surface area contributed by atoms with Crippen molar-refractivity contribution in [3.05, 3.63) is 38.9 Å². The summed E-state index contributed by atoms with van der Waals surface area (Å²) in [5, 5.41) is 4.51. The van der Waals surface area contributed by atoms with E-state index >= 15 is 0 Å². The van der Waals surface area contributed by atoms with Gasteiger partial charge in [-0.3, -0.25) is 19.8 Å². The Balaban J connectivity index is 2.85. The normalized spacial score (nSPS) is 12.2. The molecule has 1 heterocycles. The minimum Gasteiger partial charge on any atom is -0.267 e. The lowest BCUT2D eigenvalue weighted by Crippen LogP contribution is -2.23. The third-order valence-corrected chi connectivity index (χ3v) is 4.36. The number of nitrogens with zero attached hydrogens (tertiary/aromatic N) is 1. The van der Waals surface area contributed by atoms with Gasteiger partial charge in [0.2, 0.25) is 10.0 Å². The number of hydrogen-bond donors (Lipinski definition) is 2. The summed E-state index contributed by atoms with van der Waals surface area (Å²) in [7, 11) is -0.849. The monoisotopic (exact) mass is 269 g/mol. The van der Waals surface area contributed by atoms with Crippen LogP contribution in [0.15, 0.2) is 32.7 Å². The Morgan fingerprint density at radius 2 is 1.56 bits per heavy atom. The maximum absolute atomic E-state index is 11.9.